The first kappa shape index (κ1) is 11.9. The summed E-state index contributed by atoms with van der Waals surface area (Å²) < 4.78 is 0. The monoisotopic (exact) mass is 207 g/mol. The van der Waals surface area contributed by atoms with Crippen molar-refractivity contribution in [1.82, 2.24) is 0 Å². The molecular formula is C12H17NO2. The van der Waals surface area contributed by atoms with Crippen molar-refractivity contribution in [3.63, 3.8) is 0 Å². The first-order chi connectivity index (χ1) is 6.95. The Morgan fingerprint density at radius 2 is 1.80 bits per heavy atom. The van der Waals surface area contributed by atoms with Gasteiger partial charge in [-0.05, 0) is 5.56 Å². The lowest BCUT2D eigenvalue weighted by molar-refractivity contribution is 0.0858. The van der Waals surface area contributed by atoms with Crippen molar-refractivity contribution >= 4 is 5.78 Å². The zero-order valence-corrected chi connectivity index (χ0v) is 9.41. The maximum atomic E-state index is 11.9. The minimum atomic E-state index is -0.341. The van der Waals surface area contributed by atoms with E-state index in [0.717, 1.165) is 11.1 Å². The normalized spacial score (nSPS) is 11.5. The van der Waals surface area contributed by atoms with Crippen molar-refractivity contribution in [2.24, 2.45) is 11.3 Å². The van der Waals surface area contributed by atoms with Crippen LogP contribution in [0.2, 0.25) is 0 Å². The van der Waals surface area contributed by atoms with E-state index < -0.39 is 0 Å². The van der Waals surface area contributed by atoms with Gasteiger partial charge >= 0.3 is 0 Å². The number of benzene rings is 1. The average molecular weight is 207 g/mol. The highest BCUT2D eigenvalue weighted by Gasteiger charge is 2.22. The molecule has 3 nitrogen and oxygen atoms in total. The first-order valence-corrected chi connectivity index (χ1v) is 4.90. The summed E-state index contributed by atoms with van der Waals surface area (Å²) in [5, 5.41) is 0. The molecule has 3 heteroatoms. The molecule has 0 radical (unpaired) electrons. The summed E-state index contributed by atoms with van der Waals surface area (Å²) in [4.78, 5) is 16.4. The standard InChI is InChI=1S/C12H17NO2/c1-12(2,3)11(14)10-6-4-9(5-7-10)8-15-13/h4-7H,8,13H2,1-3H3. The maximum absolute atomic E-state index is 11.9. The van der Waals surface area contributed by atoms with Crippen LogP contribution in [0.3, 0.4) is 0 Å². The predicted octanol–water partition coefficient (Wildman–Crippen LogP) is 2.31. The molecule has 1 aromatic rings. The minimum Gasteiger partial charge on any atom is -0.300 e. The molecule has 0 bridgehead atoms. The molecule has 0 aliphatic rings. The molecule has 0 spiro atoms. The van der Waals surface area contributed by atoms with E-state index in [4.69, 9.17) is 5.90 Å². The summed E-state index contributed by atoms with van der Waals surface area (Å²) in [6.45, 7) is 6.09. The summed E-state index contributed by atoms with van der Waals surface area (Å²) in [6.07, 6.45) is 0. The minimum absolute atomic E-state index is 0.141. The second-order valence-electron chi connectivity index (χ2n) is 4.59. The van der Waals surface area contributed by atoms with Crippen molar-refractivity contribution < 1.29 is 9.63 Å². The third-order valence-corrected chi connectivity index (χ3v) is 2.15. The topological polar surface area (TPSA) is 52.3 Å². The largest absolute Gasteiger partial charge is 0.300 e. The number of hydrogen-bond acceptors (Lipinski definition) is 3. The predicted molar refractivity (Wildman–Crippen MR) is 59.2 cm³/mol. The third kappa shape index (κ3) is 3.15. The highest BCUT2D eigenvalue weighted by Crippen LogP contribution is 2.20. The SMILES string of the molecule is CC(C)(C)C(=O)c1ccc(CON)cc1. The zero-order valence-electron chi connectivity index (χ0n) is 9.41. The van der Waals surface area contributed by atoms with E-state index in [2.05, 4.69) is 4.84 Å². The Morgan fingerprint density at radius 1 is 1.27 bits per heavy atom. The van der Waals surface area contributed by atoms with E-state index in [0.29, 0.717) is 6.61 Å². The molecule has 0 saturated carbocycles. The van der Waals surface area contributed by atoms with E-state index >= 15 is 0 Å². The van der Waals surface area contributed by atoms with Crippen LogP contribution in [0.4, 0.5) is 0 Å². The molecule has 0 fully saturated rings. The summed E-state index contributed by atoms with van der Waals surface area (Å²) in [6, 6.07) is 7.32. The van der Waals surface area contributed by atoms with Crippen LogP contribution in [0, 0.1) is 5.41 Å². The zero-order chi connectivity index (χ0) is 11.5. The molecule has 82 valence electrons. The molecule has 0 aliphatic heterocycles. The highest BCUT2D eigenvalue weighted by molar-refractivity contribution is 5.99. The van der Waals surface area contributed by atoms with Gasteiger partial charge in [0.15, 0.2) is 5.78 Å². The summed E-state index contributed by atoms with van der Waals surface area (Å²) in [5.74, 6) is 5.10. The summed E-state index contributed by atoms with van der Waals surface area (Å²) in [7, 11) is 0. The van der Waals surface area contributed by atoms with Crippen LogP contribution >= 0.6 is 0 Å². The highest BCUT2D eigenvalue weighted by atomic mass is 16.6. The molecule has 1 rings (SSSR count). The van der Waals surface area contributed by atoms with Crippen molar-refractivity contribution in [2.45, 2.75) is 27.4 Å². The number of Topliss-reactive ketones (excluding diaryl/α,β-unsaturated/α-hetero) is 1. The lowest BCUT2D eigenvalue weighted by atomic mass is 9.86. The number of ketones is 1. The number of carbonyl (C=O) groups is 1. The molecule has 15 heavy (non-hydrogen) atoms. The van der Waals surface area contributed by atoms with Gasteiger partial charge in [0.05, 0.1) is 6.61 Å². The molecular weight excluding hydrogens is 190 g/mol. The molecule has 0 atom stereocenters. The van der Waals surface area contributed by atoms with E-state index in [1.165, 1.54) is 0 Å². The van der Waals surface area contributed by atoms with Crippen LogP contribution in [0.25, 0.3) is 0 Å². The van der Waals surface area contributed by atoms with Crippen LogP contribution in [0.15, 0.2) is 24.3 Å². The molecule has 1 aromatic carbocycles. The van der Waals surface area contributed by atoms with Crippen LogP contribution in [0.1, 0.15) is 36.7 Å². The molecule has 2 N–H and O–H groups in total. The fourth-order valence-electron chi connectivity index (χ4n) is 1.28. The van der Waals surface area contributed by atoms with Gasteiger partial charge in [0, 0.05) is 11.0 Å². The number of nitrogens with two attached hydrogens (primary N) is 1. The van der Waals surface area contributed by atoms with E-state index in [1.807, 2.05) is 45.0 Å². The average Bonchev–Trinajstić information content (AvgIpc) is 2.17. The second-order valence-corrected chi connectivity index (χ2v) is 4.59. The van der Waals surface area contributed by atoms with E-state index in [-0.39, 0.29) is 11.2 Å². The van der Waals surface area contributed by atoms with Crippen molar-refractivity contribution in [1.29, 1.82) is 0 Å². The molecule has 0 aliphatic carbocycles. The molecule has 0 amide bonds. The Bertz CT molecular complexity index is 336. The third-order valence-electron chi connectivity index (χ3n) is 2.15. The van der Waals surface area contributed by atoms with Gasteiger partial charge < -0.3 is 0 Å². The maximum Gasteiger partial charge on any atom is 0.168 e. The number of hydrogen-bond donors (Lipinski definition) is 1. The molecule has 0 heterocycles. The van der Waals surface area contributed by atoms with Crippen molar-refractivity contribution in [3.05, 3.63) is 35.4 Å². The Kier molecular flexibility index (Phi) is 3.61. The molecule has 0 saturated heterocycles. The second kappa shape index (κ2) is 4.55. The van der Waals surface area contributed by atoms with Gasteiger partial charge in [-0.15, -0.1) is 0 Å². The van der Waals surface area contributed by atoms with Crippen LogP contribution in [-0.2, 0) is 11.4 Å². The van der Waals surface area contributed by atoms with E-state index in [1.54, 1.807) is 0 Å². The molecule has 0 unspecified atom stereocenters. The van der Waals surface area contributed by atoms with Gasteiger partial charge in [-0.3, -0.25) is 9.63 Å². The smallest absolute Gasteiger partial charge is 0.168 e. The van der Waals surface area contributed by atoms with Gasteiger partial charge in [-0.2, -0.15) is 0 Å². The lowest BCUT2D eigenvalue weighted by Gasteiger charge is -2.16. The fraction of sp³-hybridized carbons (Fsp3) is 0.417. The lowest BCUT2D eigenvalue weighted by Crippen LogP contribution is -2.20. The summed E-state index contributed by atoms with van der Waals surface area (Å²) >= 11 is 0. The Labute approximate surface area is 90.2 Å². The van der Waals surface area contributed by atoms with Crippen LogP contribution in [0.5, 0.6) is 0 Å². The summed E-state index contributed by atoms with van der Waals surface area (Å²) in [5.41, 5.74) is 1.34. The number of carbonyl (C=O) groups excluding carboxylic acids is 1. The number of rotatable bonds is 3. The first-order valence-electron chi connectivity index (χ1n) is 4.90. The van der Waals surface area contributed by atoms with Gasteiger partial charge in [-0.25, -0.2) is 5.90 Å². The van der Waals surface area contributed by atoms with E-state index in [9.17, 15) is 4.79 Å². The Balaban J connectivity index is 2.85. The van der Waals surface area contributed by atoms with Gasteiger partial charge in [0.2, 0.25) is 0 Å². The van der Waals surface area contributed by atoms with Crippen molar-refractivity contribution in [2.75, 3.05) is 0 Å². The van der Waals surface area contributed by atoms with Gasteiger partial charge in [-0.1, -0.05) is 45.0 Å². The Hall–Kier alpha value is -1.19. The van der Waals surface area contributed by atoms with Gasteiger partial charge in [0.1, 0.15) is 0 Å². The Morgan fingerprint density at radius 3 is 2.20 bits per heavy atom. The van der Waals surface area contributed by atoms with Gasteiger partial charge in [0.25, 0.3) is 0 Å². The van der Waals surface area contributed by atoms with Crippen LogP contribution < -0.4 is 5.90 Å². The fourth-order valence-corrected chi connectivity index (χ4v) is 1.28. The molecule has 0 aromatic heterocycles. The van der Waals surface area contributed by atoms with Crippen molar-refractivity contribution in [3.8, 4) is 0 Å². The van der Waals surface area contributed by atoms with Crippen LogP contribution in [-0.4, -0.2) is 5.78 Å². The quantitative estimate of drug-likeness (QED) is 0.611.